The van der Waals surface area contributed by atoms with E-state index in [1.165, 1.54) is 58.7 Å². The molecule has 0 aliphatic heterocycles. The third-order valence-electron chi connectivity index (χ3n) is 9.82. The van der Waals surface area contributed by atoms with Gasteiger partial charge >= 0.3 is 0 Å². The van der Waals surface area contributed by atoms with Crippen LogP contribution < -0.4 is 0 Å². The van der Waals surface area contributed by atoms with Crippen molar-refractivity contribution in [3.63, 3.8) is 0 Å². The normalized spacial score (nSPS) is 13.5. The molecule has 222 valence electrons. The summed E-state index contributed by atoms with van der Waals surface area (Å²) in [6.07, 6.45) is 0. The van der Waals surface area contributed by atoms with Crippen LogP contribution >= 0.6 is 11.3 Å². The van der Waals surface area contributed by atoms with Crippen LogP contribution in [0.25, 0.3) is 81.8 Å². The molecule has 0 amide bonds. The second-order valence-corrected chi connectivity index (χ2v) is 13.9. The highest BCUT2D eigenvalue weighted by atomic mass is 32.1. The Bertz CT molecular complexity index is 2640. The Labute approximate surface area is 275 Å². The average molecular weight is 621 g/mol. The van der Waals surface area contributed by atoms with Crippen LogP contribution in [-0.2, 0) is 5.41 Å². The van der Waals surface area contributed by atoms with Crippen molar-refractivity contribution in [3.8, 4) is 39.9 Å². The van der Waals surface area contributed by atoms with E-state index in [2.05, 4.69) is 115 Å². The lowest BCUT2D eigenvalue weighted by Crippen LogP contribution is -2.17. The van der Waals surface area contributed by atoms with Crippen molar-refractivity contribution in [2.45, 2.75) is 19.3 Å². The van der Waals surface area contributed by atoms with Gasteiger partial charge in [-0.25, -0.2) is 4.98 Å². The fourth-order valence-corrected chi connectivity index (χ4v) is 9.05. The predicted molar refractivity (Wildman–Crippen MR) is 195 cm³/mol. The Hall–Kier alpha value is -5.65. The molecule has 1 aliphatic rings. The van der Waals surface area contributed by atoms with E-state index < -0.39 is 0 Å². The maximum absolute atomic E-state index is 5.26. The fraction of sp³-hybridized carbons (Fsp3) is 0.0714. The third-order valence-corrected chi connectivity index (χ3v) is 11.0. The SMILES string of the molecule is CC1(C)c2ccccc2-c2c1c1c(c3ccccc3n1-c1nc(-c3ccccc3)nc(-c3ccccc3)n1)c1sc3ccccc3c21. The van der Waals surface area contributed by atoms with Gasteiger partial charge < -0.3 is 0 Å². The van der Waals surface area contributed by atoms with E-state index in [0.29, 0.717) is 17.6 Å². The summed E-state index contributed by atoms with van der Waals surface area (Å²) in [6.45, 7) is 4.75. The lowest BCUT2D eigenvalue weighted by Gasteiger charge is -2.24. The van der Waals surface area contributed by atoms with E-state index in [1.54, 1.807) is 0 Å². The van der Waals surface area contributed by atoms with Gasteiger partial charge in [0.2, 0.25) is 5.95 Å². The topological polar surface area (TPSA) is 43.6 Å². The third kappa shape index (κ3) is 3.66. The van der Waals surface area contributed by atoms with Crippen LogP contribution in [0, 0.1) is 0 Å². The lowest BCUT2D eigenvalue weighted by atomic mass is 9.81. The number of thiophene rings is 1. The second kappa shape index (κ2) is 9.68. The molecule has 1 aliphatic carbocycles. The summed E-state index contributed by atoms with van der Waals surface area (Å²) in [5.74, 6) is 1.93. The summed E-state index contributed by atoms with van der Waals surface area (Å²) < 4.78 is 4.93. The Morgan fingerprint density at radius 2 is 1.17 bits per heavy atom. The molecule has 0 N–H and O–H groups in total. The zero-order chi connectivity index (χ0) is 31.3. The molecule has 3 heterocycles. The van der Waals surface area contributed by atoms with Crippen molar-refractivity contribution in [1.29, 1.82) is 0 Å². The van der Waals surface area contributed by atoms with Crippen molar-refractivity contribution < 1.29 is 0 Å². The lowest BCUT2D eigenvalue weighted by molar-refractivity contribution is 0.663. The van der Waals surface area contributed by atoms with Crippen LogP contribution in [0.2, 0.25) is 0 Å². The van der Waals surface area contributed by atoms with Crippen LogP contribution in [0.4, 0.5) is 0 Å². The van der Waals surface area contributed by atoms with Crippen molar-refractivity contribution in [3.05, 3.63) is 145 Å². The Kier molecular flexibility index (Phi) is 5.47. The number of benzene rings is 6. The molecule has 47 heavy (non-hydrogen) atoms. The molecule has 0 spiro atoms. The Morgan fingerprint density at radius 1 is 0.574 bits per heavy atom. The molecule has 6 aromatic carbocycles. The molecule has 0 fully saturated rings. The van der Waals surface area contributed by atoms with Crippen LogP contribution in [0.15, 0.2) is 133 Å². The van der Waals surface area contributed by atoms with Gasteiger partial charge in [0, 0.05) is 47.5 Å². The van der Waals surface area contributed by atoms with Gasteiger partial charge in [0.15, 0.2) is 11.6 Å². The number of aromatic nitrogens is 4. The molecule has 0 bridgehead atoms. The smallest absolute Gasteiger partial charge is 0.238 e. The number of fused-ring (bicyclic) bond motifs is 12. The van der Waals surface area contributed by atoms with Crippen molar-refractivity contribution in [2.24, 2.45) is 0 Å². The molecular formula is C42H28N4S. The summed E-state index contributed by atoms with van der Waals surface area (Å²) in [5, 5.41) is 5.13. The van der Waals surface area contributed by atoms with Gasteiger partial charge in [-0.05, 0) is 34.4 Å². The van der Waals surface area contributed by atoms with Crippen molar-refractivity contribution in [2.75, 3.05) is 0 Å². The first-order valence-electron chi connectivity index (χ1n) is 16.0. The zero-order valence-electron chi connectivity index (χ0n) is 25.9. The van der Waals surface area contributed by atoms with Gasteiger partial charge in [-0.1, -0.05) is 135 Å². The van der Waals surface area contributed by atoms with E-state index in [0.717, 1.165) is 16.6 Å². The first-order valence-corrected chi connectivity index (χ1v) is 16.8. The van der Waals surface area contributed by atoms with Crippen molar-refractivity contribution in [1.82, 2.24) is 19.5 Å². The predicted octanol–water partition coefficient (Wildman–Crippen LogP) is 11.0. The largest absolute Gasteiger partial charge is 0.277 e. The molecule has 5 heteroatoms. The van der Waals surface area contributed by atoms with Crippen LogP contribution in [0.1, 0.15) is 25.0 Å². The van der Waals surface area contributed by atoms with E-state index in [9.17, 15) is 0 Å². The number of nitrogens with zero attached hydrogens (tertiary/aromatic N) is 4. The fourth-order valence-electron chi connectivity index (χ4n) is 7.78. The minimum absolute atomic E-state index is 0.259. The molecule has 0 unspecified atom stereocenters. The van der Waals surface area contributed by atoms with Crippen LogP contribution in [0.5, 0.6) is 0 Å². The highest BCUT2D eigenvalue weighted by Crippen LogP contribution is 2.58. The summed E-state index contributed by atoms with van der Waals surface area (Å²) in [7, 11) is 0. The standard InChI is InChI=1S/C42H28N4S/c1-42(2)30-22-12-9-19-27(30)33-34-29-21-11-14-24-32(29)47-38(34)35-28-20-10-13-23-31(28)46(37(35)36(33)42)41-44-39(25-15-5-3-6-16-25)43-40(45-41)26-17-7-4-8-18-26/h3-24H,1-2H3. The molecule has 4 nitrogen and oxygen atoms in total. The van der Waals surface area contributed by atoms with Gasteiger partial charge in [0.1, 0.15) is 0 Å². The van der Waals surface area contributed by atoms with Gasteiger partial charge in [-0.15, -0.1) is 11.3 Å². The first kappa shape index (κ1) is 26.6. The highest BCUT2D eigenvalue weighted by Gasteiger charge is 2.41. The average Bonchev–Trinajstić information content (AvgIpc) is 3.75. The van der Waals surface area contributed by atoms with Gasteiger partial charge in [0.25, 0.3) is 0 Å². The maximum Gasteiger partial charge on any atom is 0.238 e. The Balaban J connectivity index is 1.44. The van der Waals surface area contributed by atoms with Crippen LogP contribution in [0.3, 0.4) is 0 Å². The number of para-hydroxylation sites is 1. The zero-order valence-corrected chi connectivity index (χ0v) is 26.7. The first-order chi connectivity index (χ1) is 23.1. The minimum atomic E-state index is -0.259. The second-order valence-electron chi connectivity index (χ2n) is 12.8. The minimum Gasteiger partial charge on any atom is -0.277 e. The molecular weight excluding hydrogens is 593 g/mol. The molecule has 10 rings (SSSR count). The molecule has 0 radical (unpaired) electrons. The highest BCUT2D eigenvalue weighted by molar-refractivity contribution is 7.27. The van der Waals surface area contributed by atoms with Gasteiger partial charge in [-0.3, -0.25) is 4.57 Å². The number of rotatable bonds is 3. The van der Waals surface area contributed by atoms with Gasteiger partial charge in [0.05, 0.1) is 11.0 Å². The van der Waals surface area contributed by atoms with Crippen LogP contribution in [-0.4, -0.2) is 19.5 Å². The monoisotopic (exact) mass is 620 g/mol. The summed E-state index contributed by atoms with van der Waals surface area (Å²) in [4.78, 5) is 15.5. The van der Waals surface area contributed by atoms with E-state index >= 15 is 0 Å². The molecule has 0 saturated heterocycles. The van der Waals surface area contributed by atoms with E-state index in [1.807, 2.05) is 47.7 Å². The van der Waals surface area contributed by atoms with Crippen molar-refractivity contribution >= 4 is 53.3 Å². The molecule has 0 atom stereocenters. The molecule has 3 aromatic heterocycles. The molecule has 9 aromatic rings. The summed E-state index contributed by atoms with van der Waals surface area (Å²) in [6, 6.07) is 47.0. The summed E-state index contributed by atoms with van der Waals surface area (Å²) in [5.41, 5.74) is 9.23. The van der Waals surface area contributed by atoms with E-state index in [4.69, 9.17) is 15.0 Å². The number of hydrogen-bond donors (Lipinski definition) is 0. The van der Waals surface area contributed by atoms with Gasteiger partial charge in [-0.2, -0.15) is 9.97 Å². The maximum atomic E-state index is 5.26. The molecule has 0 saturated carbocycles. The quantitative estimate of drug-likeness (QED) is 0.197. The number of hydrogen-bond acceptors (Lipinski definition) is 4. The van der Waals surface area contributed by atoms with E-state index in [-0.39, 0.29) is 5.41 Å². The summed E-state index contributed by atoms with van der Waals surface area (Å²) >= 11 is 1.89. The Morgan fingerprint density at radius 3 is 1.89 bits per heavy atom.